The highest BCUT2D eigenvalue weighted by Gasteiger charge is 2.07. The maximum atomic E-state index is 5.40. The van der Waals surface area contributed by atoms with Crippen LogP contribution in [0.2, 0.25) is 0 Å². The largest absolute Gasteiger partial charge is 0.329 e. The Balaban J connectivity index is 1.79. The van der Waals surface area contributed by atoms with Crippen LogP contribution in [0.15, 0.2) is 18.2 Å². The summed E-state index contributed by atoms with van der Waals surface area (Å²) in [4.78, 5) is 7.80. The van der Waals surface area contributed by atoms with Gasteiger partial charge in [0.15, 0.2) is 10.4 Å². The summed E-state index contributed by atoms with van der Waals surface area (Å²) >= 11 is 5.40. The lowest BCUT2D eigenvalue weighted by atomic mass is 10.3. The molecule has 6 heteroatoms. The summed E-state index contributed by atoms with van der Waals surface area (Å²) < 4.78 is 4.85. The molecule has 0 fully saturated rings. The number of imidazole rings is 1. The molecule has 0 aliphatic carbocycles. The second-order valence-corrected chi connectivity index (χ2v) is 5.80. The Labute approximate surface area is 128 Å². The van der Waals surface area contributed by atoms with Gasteiger partial charge in [0.25, 0.3) is 0 Å². The highest BCUT2D eigenvalue weighted by molar-refractivity contribution is 7.71. The summed E-state index contributed by atoms with van der Waals surface area (Å²) in [7, 11) is 0. The van der Waals surface area contributed by atoms with Gasteiger partial charge in [-0.3, -0.25) is 4.68 Å². The van der Waals surface area contributed by atoms with Crippen molar-refractivity contribution in [2.45, 2.75) is 40.3 Å². The van der Waals surface area contributed by atoms with Crippen molar-refractivity contribution in [1.29, 1.82) is 0 Å². The number of aromatic amines is 1. The topological polar surface area (TPSA) is 51.4 Å². The van der Waals surface area contributed by atoms with E-state index >= 15 is 0 Å². The first kappa shape index (κ1) is 14.0. The molecule has 0 unspecified atom stereocenters. The van der Waals surface area contributed by atoms with E-state index in [1.165, 1.54) is 5.69 Å². The minimum Gasteiger partial charge on any atom is -0.329 e. The zero-order valence-electron chi connectivity index (χ0n) is 12.6. The molecule has 1 N–H and O–H groups in total. The van der Waals surface area contributed by atoms with E-state index < -0.39 is 0 Å². The predicted molar refractivity (Wildman–Crippen MR) is 86.0 cm³/mol. The Bertz CT molecular complexity index is 839. The first-order valence-electron chi connectivity index (χ1n) is 7.12. The van der Waals surface area contributed by atoms with Crippen molar-refractivity contribution in [1.82, 2.24) is 24.3 Å². The van der Waals surface area contributed by atoms with Gasteiger partial charge < -0.3 is 9.55 Å². The third kappa shape index (κ3) is 2.76. The van der Waals surface area contributed by atoms with Crippen molar-refractivity contribution in [2.75, 3.05) is 0 Å². The molecule has 0 radical (unpaired) electrons. The van der Waals surface area contributed by atoms with Crippen molar-refractivity contribution >= 4 is 23.4 Å². The number of nitrogens with one attached hydrogen (secondary N) is 1. The number of nitrogens with zero attached hydrogens (tertiary/aromatic N) is 4. The summed E-state index contributed by atoms with van der Waals surface area (Å²) in [5.41, 5.74) is 5.20. The van der Waals surface area contributed by atoms with E-state index in [0.29, 0.717) is 0 Å². The Morgan fingerprint density at radius 2 is 1.95 bits per heavy atom. The van der Waals surface area contributed by atoms with Crippen LogP contribution in [0, 0.1) is 25.5 Å². The number of hydrogen-bond acceptors (Lipinski definition) is 3. The van der Waals surface area contributed by atoms with E-state index in [2.05, 4.69) is 32.6 Å². The van der Waals surface area contributed by atoms with Crippen LogP contribution in [0.25, 0.3) is 11.2 Å². The Hall–Kier alpha value is -1.95. The summed E-state index contributed by atoms with van der Waals surface area (Å²) in [6.45, 7) is 7.83. The third-order valence-electron chi connectivity index (χ3n) is 3.61. The second-order valence-electron chi connectivity index (χ2n) is 5.41. The SMILES string of the molecule is Cc1ccc2[nH]c(=S)n(CCCn3nc(C)cc3C)c2n1. The van der Waals surface area contributed by atoms with Crippen LogP contribution in [0.1, 0.15) is 23.5 Å². The normalized spacial score (nSPS) is 11.4. The van der Waals surface area contributed by atoms with Gasteiger partial charge >= 0.3 is 0 Å². The van der Waals surface area contributed by atoms with Gasteiger partial charge in [-0.25, -0.2) is 4.98 Å². The molecule has 3 aromatic heterocycles. The van der Waals surface area contributed by atoms with Gasteiger partial charge in [0.05, 0.1) is 11.2 Å². The fourth-order valence-electron chi connectivity index (χ4n) is 2.61. The Kier molecular flexibility index (Phi) is 3.63. The lowest BCUT2D eigenvalue weighted by Crippen LogP contribution is -2.07. The van der Waals surface area contributed by atoms with E-state index in [4.69, 9.17) is 12.2 Å². The molecular formula is C15H19N5S. The van der Waals surface area contributed by atoms with Crippen LogP contribution in [-0.4, -0.2) is 24.3 Å². The average Bonchev–Trinajstić information content (AvgIpc) is 2.90. The number of aryl methyl sites for hydroxylation is 5. The lowest BCUT2D eigenvalue weighted by Gasteiger charge is -2.06. The molecule has 3 aromatic rings. The van der Waals surface area contributed by atoms with E-state index in [-0.39, 0.29) is 0 Å². The molecule has 0 aliphatic rings. The number of hydrogen-bond donors (Lipinski definition) is 1. The average molecular weight is 301 g/mol. The zero-order chi connectivity index (χ0) is 15.0. The smallest absolute Gasteiger partial charge is 0.179 e. The Morgan fingerprint density at radius 1 is 1.14 bits per heavy atom. The summed E-state index contributed by atoms with van der Waals surface area (Å²) in [6.07, 6.45) is 0.971. The molecule has 3 heterocycles. The van der Waals surface area contributed by atoms with Crippen molar-refractivity contribution in [2.24, 2.45) is 0 Å². The fourth-order valence-corrected chi connectivity index (χ4v) is 2.90. The first-order valence-corrected chi connectivity index (χ1v) is 7.52. The number of pyridine rings is 1. The molecule has 0 spiro atoms. The highest BCUT2D eigenvalue weighted by Crippen LogP contribution is 2.13. The van der Waals surface area contributed by atoms with Gasteiger partial charge in [-0.2, -0.15) is 5.10 Å². The van der Waals surface area contributed by atoms with Crippen LogP contribution < -0.4 is 0 Å². The van der Waals surface area contributed by atoms with E-state index in [1.807, 2.05) is 30.7 Å². The van der Waals surface area contributed by atoms with Crippen LogP contribution in [-0.2, 0) is 13.1 Å². The standard InChI is InChI=1S/C15H19N5S/c1-10-5-6-13-14(16-10)19(15(21)17-13)7-4-8-20-12(3)9-11(2)18-20/h5-6,9H,4,7-8H2,1-3H3,(H,17,21). The molecule has 3 rings (SSSR count). The van der Waals surface area contributed by atoms with Crippen molar-refractivity contribution in [3.05, 3.63) is 40.1 Å². The number of H-pyrrole nitrogens is 1. The van der Waals surface area contributed by atoms with E-state index in [9.17, 15) is 0 Å². The molecule has 5 nitrogen and oxygen atoms in total. The van der Waals surface area contributed by atoms with Gasteiger partial charge in [0, 0.05) is 24.5 Å². The van der Waals surface area contributed by atoms with Crippen LogP contribution in [0.5, 0.6) is 0 Å². The number of fused-ring (bicyclic) bond motifs is 1. The van der Waals surface area contributed by atoms with Crippen LogP contribution >= 0.6 is 12.2 Å². The molecule has 0 atom stereocenters. The minimum absolute atomic E-state index is 0.733. The molecule has 0 saturated heterocycles. The van der Waals surface area contributed by atoms with Gasteiger partial charge in [0.2, 0.25) is 0 Å². The van der Waals surface area contributed by atoms with E-state index in [0.717, 1.165) is 46.8 Å². The van der Waals surface area contributed by atoms with Gasteiger partial charge in [-0.05, 0) is 57.6 Å². The summed E-state index contributed by atoms with van der Waals surface area (Å²) in [6, 6.07) is 6.13. The molecule has 21 heavy (non-hydrogen) atoms. The molecule has 0 saturated carbocycles. The molecule has 0 bridgehead atoms. The van der Waals surface area contributed by atoms with Gasteiger partial charge in [0.1, 0.15) is 0 Å². The molecule has 0 aromatic carbocycles. The van der Waals surface area contributed by atoms with E-state index in [1.54, 1.807) is 0 Å². The maximum Gasteiger partial charge on any atom is 0.179 e. The lowest BCUT2D eigenvalue weighted by molar-refractivity contribution is 0.518. The fraction of sp³-hybridized carbons (Fsp3) is 0.400. The molecule has 0 aliphatic heterocycles. The van der Waals surface area contributed by atoms with Crippen LogP contribution in [0.4, 0.5) is 0 Å². The summed E-state index contributed by atoms with van der Waals surface area (Å²) in [5.74, 6) is 0. The monoisotopic (exact) mass is 301 g/mol. The predicted octanol–water partition coefficient (Wildman–Crippen LogP) is 3.31. The quantitative estimate of drug-likeness (QED) is 0.752. The van der Waals surface area contributed by atoms with Crippen LogP contribution in [0.3, 0.4) is 0 Å². The van der Waals surface area contributed by atoms with Gasteiger partial charge in [-0.1, -0.05) is 0 Å². The van der Waals surface area contributed by atoms with Crippen molar-refractivity contribution in [3.63, 3.8) is 0 Å². The van der Waals surface area contributed by atoms with Crippen molar-refractivity contribution in [3.8, 4) is 0 Å². The third-order valence-corrected chi connectivity index (χ3v) is 3.93. The molecule has 0 amide bonds. The van der Waals surface area contributed by atoms with Gasteiger partial charge in [-0.15, -0.1) is 0 Å². The summed E-state index contributed by atoms with van der Waals surface area (Å²) in [5, 5.41) is 4.49. The van der Waals surface area contributed by atoms with Crippen molar-refractivity contribution < 1.29 is 0 Å². The zero-order valence-corrected chi connectivity index (χ0v) is 13.4. The second kappa shape index (κ2) is 5.44. The maximum absolute atomic E-state index is 5.40. The minimum atomic E-state index is 0.733. The Morgan fingerprint density at radius 3 is 2.67 bits per heavy atom. The highest BCUT2D eigenvalue weighted by atomic mass is 32.1. The molecular weight excluding hydrogens is 282 g/mol. The molecule has 110 valence electrons. The first-order chi connectivity index (χ1) is 10.0. The number of rotatable bonds is 4. The number of aromatic nitrogens is 5.